The number of benzene rings is 4. The maximum atomic E-state index is 2.36. The highest BCUT2D eigenvalue weighted by Crippen LogP contribution is 2.40. The van der Waals surface area contributed by atoms with Crippen LogP contribution in [-0.4, -0.2) is 0 Å². The van der Waals surface area contributed by atoms with Crippen LogP contribution < -0.4 is 0 Å². The zero-order valence-electron chi connectivity index (χ0n) is 16.5. The molecule has 0 heteroatoms. The second-order valence-corrected chi connectivity index (χ2v) is 7.48. The molecule has 0 saturated carbocycles. The van der Waals surface area contributed by atoms with E-state index in [1.165, 1.54) is 33.4 Å². The van der Waals surface area contributed by atoms with Crippen molar-refractivity contribution in [1.82, 2.24) is 0 Å². The van der Waals surface area contributed by atoms with Crippen LogP contribution in [0, 0.1) is 0 Å². The number of hydrogen-bond acceptors (Lipinski definition) is 0. The molecule has 4 aromatic rings. The maximum Gasteiger partial charge on any atom is -0.0118 e. The first-order valence-electron chi connectivity index (χ1n) is 10.0. The molecule has 0 nitrogen and oxygen atoms in total. The lowest BCUT2D eigenvalue weighted by molar-refractivity contribution is 0.626. The standard InChI is InChI=1S/C28H26/c1-21(25-17-9-11-19-27(25)23-13-5-3-6-14-23)22(2)26-18-10-12-20-28(26)24-15-7-4-8-16-24/h3-22H,1-2H3. The Balaban J connectivity index is 1.74. The Morgan fingerprint density at radius 2 is 0.714 bits per heavy atom. The van der Waals surface area contributed by atoms with E-state index in [1.807, 2.05) is 0 Å². The normalized spacial score (nSPS) is 13.1. The van der Waals surface area contributed by atoms with Gasteiger partial charge in [-0.15, -0.1) is 0 Å². The van der Waals surface area contributed by atoms with Gasteiger partial charge in [0, 0.05) is 0 Å². The van der Waals surface area contributed by atoms with Gasteiger partial charge in [0.25, 0.3) is 0 Å². The Bertz CT molecular complexity index is 945. The largest absolute Gasteiger partial charge is 0.0622 e. The fourth-order valence-corrected chi connectivity index (χ4v) is 4.09. The summed E-state index contributed by atoms with van der Waals surface area (Å²) in [5.74, 6) is 0.808. The van der Waals surface area contributed by atoms with Crippen molar-refractivity contribution in [2.75, 3.05) is 0 Å². The van der Waals surface area contributed by atoms with Gasteiger partial charge in [0.15, 0.2) is 0 Å². The molecule has 0 amide bonds. The van der Waals surface area contributed by atoms with E-state index in [9.17, 15) is 0 Å². The van der Waals surface area contributed by atoms with Crippen molar-refractivity contribution in [2.45, 2.75) is 25.7 Å². The van der Waals surface area contributed by atoms with E-state index in [2.05, 4.69) is 123 Å². The SMILES string of the molecule is CC(c1ccccc1-c1ccccc1)C(C)c1ccccc1-c1ccccc1. The minimum atomic E-state index is 0.404. The van der Waals surface area contributed by atoms with Gasteiger partial charge in [-0.25, -0.2) is 0 Å². The number of hydrogen-bond donors (Lipinski definition) is 0. The van der Waals surface area contributed by atoms with Crippen molar-refractivity contribution in [3.8, 4) is 22.3 Å². The Kier molecular flexibility index (Phi) is 5.39. The third kappa shape index (κ3) is 3.64. The van der Waals surface area contributed by atoms with Gasteiger partial charge in [0.1, 0.15) is 0 Å². The summed E-state index contributed by atoms with van der Waals surface area (Å²) in [5, 5.41) is 0. The van der Waals surface area contributed by atoms with Gasteiger partial charge >= 0.3 is 0 Å². The van der Waals surface area contributed by atoms with Gasteiger partial charge in [-0.3, -0.25) is 0 Å². The molecule has 0 saturated heterocycles. The molecule has 0 bridgehead atoms. The Hall–Kier alpha value is -3.12. The summed E-state index contributed by atoms with van der Waals surface area (Å²) in [6, 6.07) is 39.1. The van der Waals surface area contributed by atoms with Gasteiger partial charge in [-0.2, -0.15) is 0 Å². The zero-order valence-corrected chi connectivity index (χ0v) is 16.5. The second-order valence-electron chi connectivity index (χ2n) is 7.48. The highest BCUT2D eigenvalue weighted by molar-refractivity contribution is 5.70. The molecule has 0 fully saturated rings. The summed E-state index contributed by atoms with van der Waals surface area (Å²) in [7, 11) is 0. The van der Waals surface area contributed by atoms with E-state index in [-0.39, 0.29) is 0 Å². The van der Waals surface area contributed by atoms with Crippen molar-refractivity contribution < 1.29 is 0 Å². The predicted octanol–water partition coefficient (Wildman–Crippen LogP) is 7.93. The molecule has 0 aliphatic carbocycles. The average Bonchev–Trinajstić information content (AvgIpc) is 2.79. The molecule has 0 heterocycles. The van der Waals surface area contributed by atoms with E-state index in [4.69, 9.17) is 0 Å². The topological polar surface area (TPSA) is 0 Å². The average molecular weight is 363 g/mol. The molecule has 28 heavy (non-hydrogen) atoms. The zero-order chi connectivity index (χ0) is 19.3. The molecular formula is C28H26. The van der Waals surface area contributed by atoms with Gasteiger partial charge in [0.2, 0.25) is 0 Å². The molecule has 0 aromatic heterocycles. The first kappa shape index (κ1) is 18.3. The lowest BCUT2D eigenvalue weighted by Gasteiger charge is -2.25. The molecule has 2 unspecified atom stereocenters. The Morgan fingerprint density at radius 1 is 0.393 bits per heavy atom. The van der Waals surface area contributed by atoms with Crippen LogP contribution in [0.25, 0.3) is 22.3 Å². The molecule has 138 valence electrons. The van der Waals surface area contributed by atoms with Crippen molar-refractivity contribution in [3.05, 3.63) is 120 Å². The quantitative estimate of drug-likeness (QED) is 0.338. The first-order valence-corrected chi connectivity index (χ1v) is 10.0. The molecule has 0 aliphatic rings. The predicted molar refractivity (Wildman–Crippen MR) is 121 cm³/mol. The van der Waals surface area contributed by atoms with Crippen molar-refractivity contribution in [2.24, 2.45) is 0 Å². The fourth-order valence-electron chi connectivity index (χ4n) is 4.09. The van der Waals surface area contributed by atoms with E-state index in [0.717, 1.165) is 0 Å². The van der Waals surface area contributed by atoms with Crippen molar-refractivity contribution >= 4 is 0 Å². The van der Waals surface area contributed by atoms with Gasteiger partial charge < -0.3 is 0 Å². The molecule has 0 aliphatic heterocycles. The van der Waals surface area contributed by atoms with E-state index < -0.39 is 0 Å². The third-order valence-electron chi connectivity index (χ3n) is 5.82. The lowest BCUT2D eigenvalue weighted by Crippen LogP contribution is -2.07. The molecule has 0 spiro atoms. The number of rotatable bonds is 5. The van der Waals surface area contributed by atoms with E-state index in [0.29, 0.717) is 11.8 Å². The molecule has 0 radical (unpaired) electrons. The van der Waals surface area contributed by atoms with Crippen LogP contribution in [0.2, 0.25) is 0 Å². The van der Waals surface area contributed by atoms with Crippen LogP contribution in [0.1, 0.15) is 36.8 Å². The Morgan fingerprint density at radius 3 is 1.11 bits per heavy atom. The molecule has 2 atom stereocenters. The van der Waals surface area contributed by atoms with Crippen LogP contribution >= 0.6 is 0 Å². The van der Waals surface area contributed by atoms with Crippen LogP contribution in [-0.2, 0) is 0 Å². The van der Waals surface area contributed by atoms with Gasteiger partial charge in [-0.05, 0) is 45.2 Å². The maximum absolute atomic E-state index is 2.36. The van der Waals surface area contributed by atoms with Crippen LogP contribution in [0.3, 0.4) is 0 Å². The summed E-state index contributed by atoms with van der Waals surface area (Å²) in [5.41, 5.74) is 8.05. The van der Waals surface area contributed by atoms with Gasteiger partial charge in [-0.1, -0.05) is 123 Å². The summed E-state index contributed by atoms with van der Waals surface area (Å²) >= 11 is 0. The summed E-state index contributed by atoms with van der Waals surface area (Å²) in [4.78, 5) is 0. The second kappa shape index (κ2) is 8.27. The Labute approximate surface area is 168 Å². The lowest BCUT2D eigenvalue weighted by atomic mass is 9.78. The molecule has 4 rings (SSSR count). The van der Waals surface area contributed by atoms with E-state index >= 15 is 0 Å². The van der Waals surface area contributed by atoms with Gasteiger partial charge in [0.05, 0.1) is 0 Å². The first-order chi connectivity index (χ1) is 13.8. The summed E-state index contributed by atoms with van der Waals surface area (Å²) < 4.78 is 0. The van der Waals surface area contributed by atoms with Crippen LogP contribution in [0.15, 0.2) is 109 Å². The minimum Gasteiger partial charge on any atom is -0.0622 e. The van der Waals surface area contributed by atoms with E-state index in [1.54, 1.807) is 0 Å². The fraction of sp³-hybridized carbons (Fsp3) is 0.143. The minimum absolute atomic E-state index is 0.404. The third-order valence-corrected chi connectivity index (χ3v) is 5.82. The molecular weight excluding hydrogens is 336 g/mol. The highest BCUT2D eigenvalue weighted by Gasteiger charge is 2.21. The molecule has 4 aromatic carbocycles. The van der Waals surface area contributed by atoms with Crippen molar-refractivity contribution in [1.29, 1.82) is 0 Å². The summed E-state index contributed by atoms with van der Waals surface area (Å²) in [6.07, 6.45) is 0. The highest BCUT2D eigenvalue weighted by atomic mass is 14.3. The van der Waals surface area contributed by atoms with Crippen LogP contribution in [0.5, 0.6) is 0 Å². The van der Waals surface area contributed by atoms with Crippen molar-refractivity contribution in [3.63, 3.8) is 0 Å². The smallest absolute Gasteiger partial charge is 0.0118 e. The molecule has 0 N–H and O–H groups in total. The summed E-state index contributed by atoms with van der Waals surface area (Å²) in [6.45, 7) is 4.71. The van der Waals surface area contributed by atoms with Crippen LogP contribution in [0.4, 0.5) is 0 Å². The monoisotopic (exact) mass is 362 g/mol.